The summed E-state index contributed by atoms with van der Waals surface area (Å²) in [6, 6.07) is 9.64. The third kappa shape index (κ3) is 4.07. The van der Waals surface area contributed by atoms with E-state index < -0.39 is 16.6 Å². The van der Waals surface area contributed by atoms with Crippen LogP contribution in [0.15, 0.2) is 42.5 Å². The predicted molar refractivity (Wildman–Crippen MR) is 87.9 cm³/mol. The molecule has 23 heavy (non-hydrogen) atoms. The standard InChI is InChI=1S/C15H12FN3O3S/c1-9-12(3-2-4-13(9)19(21)22)14(20)18-15(23)17-11-7-5-10(16)6-8-11/h2-8H,1H3,(H2,17,18,20,23). The molecular formula is C15H12FN3O3S. The smallest absolute Gasteiger partial charge is 0.273 e. The van der Waals surface area contributed by atoms with Gasteiger partial charge in [-0.2, -0.15) is 0 Å². The SMILES string of the molecule is Cc1c(C(=O)NC(=S)Nc2ccc(F)cc2)cccc1[N+](=O)[O-]. The van der Waals surface area contributed by atoms with Crippen molar-refractivity contribution in [3.05, 3.63) is 69.5 Å². The van der Waals surface area contributed by atoms with Crippen molar-refractivity contribution in [3.63, 3.8) is 0 Å². The minimum absolute atomic E-state index is 0.00696. The predicted octanol–water partition coefficient (Wildman–Crippen LogP) is 3.17. The van der Waals surface area contributed by atoms with E-state index in [-0.39, 0.29) is 21.9 Å². The number of nitro benzene ring substituents is 1. The third-order valence-corrected chi connectivity index (χ3v) is 3.28. The molecule has 2 rings (SSSR count). The van der Waals surface area contributed by atoms with E-state index in [0.717, 1.165) is 0 Å². The molecule has 0 fully saturated rings. The number of nitro groups is 1. The molecule has 1 amide bonds. The molecular weight excluding hydrogens is 321 g/mol. The summed E-state index contributed by atoms with van der Waals surface area (Å²) < 4.78 is 12.8. The summed E-state index contributed by atoms with van der Waals surface area (Å²) in [7, 11) is 0. The van der Waals surface area contributed by atoms with E-state index in [4.69, 9.17) is 12.2 Å². The number of nitrogens with one attached hydrogen (secondary N) is 2. The zero-order valence-corrected chi connectivity index (χ0v) is 12.8. The van der Waals surface area contributed by atoms with Crippen LogP contribution in [0.3, 0.4) is 0 Å². The van der Waals surface area contributed by atoms with Gasteiger partial charge in [0.2, 0.25) is 0 Å². The van der Waals surface area contributed by atoms with Crippen LogP contribution in [0.2, 0.25) is 0 Å². The number of rotatable bonds is 3. The van der Waals surface area contributed by atoms with Crippen LogP contribution in [0, 0.1) is 22.9 Å². The molecule has 6 nitrogen and oxygen atoms in total. The van der Waals surface area contributed by atoms with Crippen LogP contribution in [-0.2, 0) is 0 Å². The van der Waals surface area contributed by atoms with E-state index in [9.17, 15) is 19.3 Å². The minimum Gasteiger partial charge on any atom is -0.332 e. The molecule has 0 heterocycles. The average molecular weight is 333 g/mol. The molecule has 118 valence electrons. The quantitative estimate of drug-likeness (QED) is 0.512. The number of amides is 1. The van der Waals surface area contributed by atoms with E-state index in [1.165, 1.54) is 49.4 Å². The molecule has 0 atom stereocenters. The Kier molecular flexibility index (Phi) is 4.97. The van der Waals surface area contributed by atoms with E-state index in [2.05, 4.69) is 10.6 Å². The highest BCUT2D eigenvalue weighted by atomic mass is 32.1. The fourth-order valence-electron chi connectivity index (χ4n) is 1.93. The number of hydrogen-bond donors (Lipinski definition) is 2. The van der Waals surface area contributed by atoms with Gasteiger partial charge in [0.15, 0.2) is 5.11 Å². The van der Waals surface area contributed by atoms with Gasteiger partial charge < -0.3 is 5.32 Å². The van der Waals surface area contributed by atoms with Gasteiger partial charge >= 0.3 is 0 Å². The molecule has 0 aliphatic rings. The molecule has 0 aliphatic carbocycles. The number of thiocarbonyl (C=S) groups is 1. The minimum atomic E-state index is -0.564. The molecule has 2 N–H and O–H groups in total. The molecule has 0 spiro atoms. The lowest BCUT2D eigenvalue weighted by molar-refractivity contribution is -0.385. The first-order valence-corrected chi connectivity index (χ1v) is 6.91. The summed E-state index contributed by atoms with van der Waals surface area (Å²) in [6.45, 7) is 1.49. The summed E-state index contributed by atoms with van der Waals surface area (Å²) in [4.78, 5) is 22.5. The number of anilines is 1. The molecule has 0 radical (unpaired) electrons. The van der Waals surface area contributed by atoms with Crippen LogP contribution < -0.4 is 10.6 Å². The molecule has 0 unspecified atom stereocenters. The van der Waals surface area contributed by atoms with E-state index in [1.54, 1.807) is 0 Å². The second kappa shape index (κ2) is 6.93. The summed E-state index contributed by atoms with van der Waals surface area (Å²) in [5.74, 6) is -0.955. The number of nitrogens with zero attached hydrogens (tertiary/aromatic N) is 1. The Morgan fingerprint density at radius 1 is 1.22 bits per heavy atom. The van der Waals surface area contributed by atoms with Crippen LogP contribution in [-0.4, -0.2) is 15.9 Å². The van der Waals surface area contributed by atoms with Crippen molar-refractivity contribution in [2.45, 2.75) is 6.92 Å². The summed E-state index contributed by atoms with van der Waals surface area (Å²) >= 11 is 5.00. The molecule has 0 aliphatic heterocycles. The van der Waals surface area contributed by atoms with Crippen molar-refractivity contribution in [3.8, 4) is 0 Å². The Balaban J connectivity index is 2.10. The fraction of sp³-hybridized carbons (Fsp3) is 0.0667. The van der Waals surface area contributed by atoms with Gasteiger partial charge in [-0.15, -0.1) is 0 Å². The Morgan fingerprint density at radius 3 is 2.48 bits per heavy atom. The van der Waals surface area contributed by atoms with Gasteiger partial charge in [0.25, 0.3) is 11.6 Å². The van der Waals surface area contributed by atoms with Crippen molar-refractivity contribution in [2.24, 2.45) is 0 Å². The lowest BCUT2D eigenvalue weighted by atomic mass is 10.1. The van der Waals surface area contributed by atoms with Gasteiger partial charge in [-0.05, 0) is 49.5 Å². The zero-order valence-electron chi connectivity index (χ0n) is 12.0. The van der Waals surface area contributed by atoms with Gasteiger partial charge in [-0.3, -0.25) is 20.2 Å². The Hall–Kier alpha value is -2.87. The third-order valence-electron chi connectivity index (χ3n) is 3.08. The maximum atomic E-state index is 12.8. The highest BCUT2D eigenvalue weighted by Crippen LogP contribution is 2.21. The lowest BCUT2D eigenvalue weighted by Gasteiger charge is -2.11. The van der Waals surface area contributed by atoms with Crippen molar-refractivity contribution in [2.75, 3.05) is 5.32 Å². The van der Waals surface area contributed by atoms with E-state index in [1.807, 2.05) is 0 Å². The maximum Gasteiger partial charge on any atom is 0.273 e. The highest BCUT2D eigenvalue weighted by Gasteiger charge is 2.18. The molecule has 0 bridgehead atoms. The molecule has 8 heteroatoms. The monoisotopic (exact) mass is 333 g/mol. The number of hydrogen-bond acceptors (Lipinski definition) is 4. The summed E-state index contributed by atoms with van der Waals surface area (Å²) in [6.07, 6.45) is 0. The zero-order chi connectivity index (χ0) is 17.0. The number of carbonyl (C=O) groups is 1. The number of halogens is 1. The Morgan fingerprint density at radius 2 is 1.87 bits per heavy atom. The van der Waals surface area contributed by atoms with Gasteiger partial charge in [0.1, 0.15) is 5.82 Å². The largest absolute Gasteiger partial charge is 0.332 e. The van der Waals surface area contributed by atoms with Gasteiger partial charge in [-0.1, -0.05) is 6.07 Å². The van der Waals surface area contributed by atoms with E-state index in [0.29, 0.717) is 5.69 Å². The van der Waals surface area contributed by atoms with Crippen LogP contribution in [0.25, 0.3) is 0 Å². The van der Waals surface area contributed by atoms with Crippen molar-refractivity contribution < 1.29 is 14.1 Å². The Labute approximate surface area is 136 Å². The van der Waals surface area contributed by atoms with Crippen molar-refractivity contribution in [1.29, 1.82) is 0 Å². The fourth-order valence-corrected chi connectivity index (χ4v) is 2.14. The Bertz CT molecular complexity index is 778. The van der Waals surface area contributed by atoms with Gasteiger partial charge in [0, 0.05) is 22.9 Å². The van der Waals surface area contributed by atoms with Crippen LogP contribution in [0.5, 0.6) is 0 Å². The molecule has 0 aromatic heterocycles. The van der Waals surface area contributed by atoms with Gasteiger partial charge in [0.05, 0.1) is 4.92 Å². The average Bonchev–Trinajstić information content (AvgIpc) is 2.49. The highest BCUT2D eigenvalue weighted by molar-refractivity contribution is 7.80. The first-order valence-electron chi connectivity index (χ1n) is 6.50. The first kappa shape index (κ1) is 16.5. The normalized spacial score (nSPS) is 10.0. The van der Waals surface area contributed by atoms with Crippen LogP contribution in [0.1, 0.15) is 15.9 Å². The summed E-state index contributed by atoms with van der Waals surface area (Å²) in [5, 5.41) is 16.1. The topological polar surface area (TPSA) is 84.3 Å². The van der Waals surface area contributed by atoms with Crippen LogP contribution in [0.4, 0.5) is 15.8 Å². The molecule has 0 saturated heterocycles. The molecule has 2 aromatic carbocycles. The van der Waals surface area contributed by atoms with Crippen LogP contribution >= 0.6 is 12.2 Å². The number of carbonyl (C=O) groups excluding carboxylic acids is 1. The first-order chi connectivity index (χ1) is 10.9. The van der Waals surface area contributed by atoms with Crippen molar-refractivity contribution >= 4 is 34.6 Å². The van der Waals surface area contributed by atoms with E-state index >= 15 is 0 Å². The second-order valence-corrected chi connectivity index (χ2v) is 5.03. The molecule has 2 aromatic rings. The van der Waals surface area contributed by atoms with Gasteiger partial charge in [-0.25, -0.2) is 4.39 Å². The lowest BCUT2D eigenvalue weighted by Crippen LogP contribution is -2.34. The number of benzene rings is 2. The second-order valence-electron chi connectivity index (χ2n) is 4.62. The maximum absolute atomic E-state index is 12.8. The molecule has 0 saturated carbocycles. The summed E-state index contributed by atoms with van der Waals surface area (Å²) in [5.41, 5.74) is 0.768. The van der Waals surface area contributed by atoms with Crippen molar-refractivity contribution in [1.82, 2.24) is 5.32 Å².